The number of para-hydroxylation sites is 1. The number of nitrogens with zero attached hydrogens (tertiary/aromatic N) is 1. The Morgan fingerprint density at radius 2 is 1.66 bits per heavy atom. The van der Waals surface area contributed by atoms with Crippen molar-refractivity contribution < 1.29 is 32.2 Å². The van der Waals surface area contributed by atoms with Gasteiger partial charge in [0.25, 0.3) is 5.91 Å². The van der Waals surface area contributed by atoms with E-state index >= 15 is 0 Å². The summed E-state index contributed by atoms with van der Waals surface area (Å²) in [6.45, 7) is 2.63. The Morgan fingerprint density at radius 3 is 2.24 bits per heavy atom. The molecule has 0 aromatic heterocycles. The molecule has 0 bridgehead atoms. The Labute approximate surface area is 164 Å². The van der Waals surface area contributed by atoms with Crippen molar-refractivity contribution in [2.24, 2.45) is 0 Å². The normalized spacial score (nSPS) is 13.0. The second kappa shape index (κ2) is 9.10. The van der Waals surface area contributed by atoms with Crippen molar-refractivity contribution in [1.82, 2.24) is 0 Å². The third kappa shape index (κ3) is 5.97. The number of nitriles is 1. The highest BCUT2D eigenvalue weighted by atomic mass is 19.4. The molecule has 0 heterocycles. The highest BCUT2D eigenvalue weighted by Crippen LogP contribution is 2.34. The summed E-state index contributed by atoms with van der Waals surface area (Å²) in [4.78, 5) is 24.3. The van der Waals surface area contributed by atoms with Crippen LogP contribution in [-0.4, -0.2) is 24.1 Å². The third-order valence-corrected chi connectivity index (χ3v) is 3.78. The molecule has 0 aliphatic heterocycles. The summed E-state index contributed by atoms with van der Waals surface area (Å²) < 4.78 is 49.4. The van der Waals surface area contributed by atoms with E-state index < -0.39 is 41.5 Å². The van der Waals surface area contributed by atoms with Gasteiger partial charge in [0.2, 0.25) is 0 Å². The highest BCUT2D eigenvalue weighted by molar-refractivity contribution is 5.96. The first-order valence-corrected chi connectivity index (χ1v) is 8.46. The first-order chi connectivity index (χ1) is 13.6. The van der Waals surface area contributed by atoms with Crippen LogP contribution in [0.3, 0.4) is 0 Å². The zero-order chi connectivity index (χ0) is 21.6. The van der Waals surface area contributed by atoms with Crippen LogP contribution in [0.15, 0.2) is 48.5 Å². The SMILES string of the molecule is C[C@H](OC(=O)[C@@H](C)Oc1ccc(C#N)cc1)C(=O)Nc1ccccc1C(F)(F)F. The van der Waals surface area contributed by atoms with Crippen molar-refractivity contribution in [2.75, 3.05) is 5.32 Å². The molecule has 1 N–H and O–H groups in total. The van der Waals surface area contributed by atoms with Crippen LogP contribution in [0.4, 0.5) is 18.9 Å². The number of anilines is 1. The molecule has 0 aliphatic rings. The van der Waals surface area contributed by atoms with Crippen molar-refractivity contribution in [3.63, 3.8) is 0 Å². The summed E-state index contributed by atoms with van der Waals surface area (Å²) in [5, 5.41) is 10.9. The van der Waals surface area contributed by atoms with Gasteiger partial charge in [-0.2, -0.15) is 18.4 Å². The van der Waals surface area contributed by atoms with Crippen LogP contribution in [0.2, 0.25) is 0 Å². The van der Waals surface area contributed by atoms with Crippen molar-refractivity contribution in [2.45, 2.75) is 32.2 Å². The van der Waals surface area contributed by atoms with E-state index in [2.05, 4.69) is 5.32 Å². The molecule has 2 rings (SSSR count). The zero-order valence-electron chi connectivity index (χ0n) is 15.5. The molecule has 0 unspecified atom stereocenters. The Morgan fingerprint density at radius 1 is 1.03 bits per heavy atom. The molecule has 29 heavy (non-hydrogen) atoms. The standard InChI is InChI=1S/C20H17F3N2O4/c1-12(18(26)25-17-6-4-3-5-16(17)20(21,22)23)29-19(27)13(2)28-15-9-7-14(11-24)8-10-15/h3-10,12-13H,1-2H3,(H,25,26)/t12-,13+/m0/s1. The average molecular weight is 406 g/mol. The monoisotopic (exact) mass is 406 g/mol. The van der Waals surface area contributed by atoms with Gasteiger partial charge in [0.1, 0.15) is 5.75 Å². The van der Waals surface area contributed by atoms with E-state index in [9.17, 15) is 22.8 Å². The summed E-state index contributed by atoms with van der Waals surface area (Å²) in [7, 11) is 0. The van der Waals surface area contributed by atoms with E-state index in [0.29, 0.717) is 11.3 Å². The number of ether oxygens (including phenoxy) is 2. The maximum atomic E-state index is 13.0. The maximum absolute atomic E-state index is 13.0. The number of rotatable bonds is 6. The van der Waals surface area contributed by atoms with E-state index in [1.807, 2.05) is 6.07 Å². The van der Waals surface area contributed by atoms with Crippen LogP contribution in [0, 0.1) is 11.3 Å². The lowest BCUT2D eigenvalue weighted by molar-refractivity contribution is -0.159. The minimum atomic E-state index is -4.65. The van der Waals surface area contributed by atoms with E-state index in [0.717, 1.165) is 12.1 Å². The molecule has 152 valence electrons. The van der Waals surface area contributed by atoms with Crippen molar-refractivity contribution in [3.8, 4) is 11.8 Å². The van der Waals surface area contributed by atoms with Gasteiger partial charge in [-0.3, -0.25) is 4.79 Å². The number of alkyl halides is 3. The Bertz CT molecular complexity index is 921. The van der Waals surface area contributed by atoms with Gasteiger partial charge in [-0.15, -0.1) is 0 Å². The molecule has 0 radical (unpaired) electrons. The van der Waals surface area contributed by atoms with Crippen LogP contribution in [-0.2, 0) is 20.5 Å². The summed E-state index contributed by atoms with van der Waals surface area (Å²) in [6, 6.07) is 12.4. The molecular formula is C20H17F3N2O4. The third-order valence-electron chi connectivity index (χ3n) is 3.78. The van der Waals surface area contributed by atoms with E-state index in [4.69, 9.17) is 14.7 Å². The quantitative estimate of drug-likeness (QED) is 0.735. The van der Waals surface area contributed by atoms with Gasteiger partial charge in [0.05, 0.1) is 22.9 Å². The molecular weight excluding hydrogens is 389 g/mol. The van der Waals surface area contributed by atoms with Gasteiger partial charge < -0.3 is 14.8 Å². The number of hydrogen-bond acceptors (Lipinski definition) is 5. The minimum absolute atomic E-state index is 0.310. The van der Waals surface area contributed by atoms with Gasteiger partial charge in [-0.25, -0.2) is 4.79 Å². The summed E-state index contributed by atoms with van der Waals surface area (Å²) in [5.74, 6) is -1.48. The second-order valence-electron chi connectivity index (χ2n) is 6.01. The summed E-state index contributed by atoms with van der Waals surface area (Å²) in [5.41, 5.74) is -1.03. The lowest BCUT2D eigenvalue weighted by Gasteiger charge is -2.19. The first kappa shape index (κ1) is 21.8. The van der Waals surface area contributed by atoms with Gasteiger partial charge in [-0.05, 0) is 50.2 Å². The number of carbonyl (C=O) groups is 2. The molecule has 0 aliphatic carbocycles. The van der Waals surface area contributed by atoms with Gasteiger partial charge >= 0.3 is 12.1 Å². The van der Waals surface area contributed by atoms with Gasteiger partial charge in [0.15, 0.2) is 12.2 Å². The largest absolute Gasteiger partial charge is 0.479 e. The van der Waals surface area contributed by atoms with Crippen LogP contribution in [0.1, 0.15) is 25.0 Å². The number of esters is 1. The summed E-state index contributed by atoms with van der Waals surface area (Å²) >= 11 is 0. The fourth-order valence-electron chi connectivity index (χ4n) is 2.26. The predicted molar refractivity (Wildman–Crippen MR) is 96.9 cm³/mol. The summed E-state index contributed by atoms with van der Waals surface area (Å²) in [6.07, 6.45) is -7.08. The fraction of sp³-hybridized carbons (Fsp3) is 0.250. The number of carbonyl (C=O) groups excluding carboxylic acids is 2. The number of benzene rings is 2. The molecule has 2 aromatic rings. The molecule has 6 nitrogen and oxygen atoms in total. The Balaban J connectivity index is 1.96. The smallest absolute Gasteiger partial charge is 0.418 e. The number of amides is 1. The molecule has 0 spiro atoms. The fourth-order valence-corrected chi connectivity index (χ4v) is 2.26. The van der Waals surface area contributed by atoms with Crippen molar-refractivity contribution >= 4 is 17.6 Å². The molecule has 2 atom stereocenters. The molecule has 1 amide bonds. The molecule has 0 fully saturated rings. The highest BCUT2D eigenvalue weighted by Gasteiger charge is 2.34. The molecule has 0 saturated heterocycles. The van der Waals surface area contributed by atoms with Gasteiger partial charge in [0, 0.05) is 0 Å². The molecule has 0 saturated carbocycles. The van der Waals surface area contributed by atoms with E-state index in [1.165, 1.54) is 50.2 Å². The second-order valence-corrected chi connectivity index (χ2v) is 6.01. The van der Waals surface area contributed by atoms with Crippen LogP contribution >= 0.6 is 0 Å². The van der Waals surface area contributed by atoms with Crippen LogP contribution in [0.5, 0.6) is 5.75 Å². The number of nitrogens with one attached hydrogen (secondary N) is 1. The van der Waals surface area contributed by atoms with Crippen molar-refractivity contribution in [3.05, 3.63) is 59.7 Å². The molecule has 2 aromatic carbocycles. The lowest BCUT2D eigenvalue weighted by atomic mass is 10.1. The Kier molecular flexibility index (Phi) is 6.83. The van der Waals surface area contributed by atoms with Crippen LogP contribution < -0.4 is 10.1 Å². The Hall–Kier alpha value is -3.54. The molecule has 9 heteroatoms. The van der Waals surface area contributed by atoms with Crippen LogP contribution in [0.25, 0.3) is 0 Å². The van der Waals surface area contributed by atoms with Crippen molar-refractivity contribution in [1.29, 1.82) is 5.26 Å². The number of hydrogen-bond donors (Lipinski definition) is 1. The maximum Gasteiger partial charge on any atom is 0.418 e. The predicted octanol–water partition coefficient (Wildman–Crippen LogP) is 3.91. The van der Waals surface area contributed by atoms with Gasteiger partial charge in [-0.1, -0.05) is 12.1 Å². The zero-order valence-corrected chi connectivity index (χ0v) is 15.5. The topological polar surface area (TPSA) is 88.4 Å². The first-order valence-electron chi connectivity index (χ1n) is 8.46. The average Bonchev–Trinajstić information content (AvgIpc) is 2.68. The minimum Gasteiger partial charge on any atom is -0.479 e. The number of halogens is 3. The van der Waals surface area contributed by atoms with E-state index in [1.54, 1.807) is 0 Å². The lowest BCUT2D eigenvalue weighted by Crippen LogP contribution is -2.35. The van der Waals surface area contributed by atoms with E-state index in [-0.39, 0.29) is 0 Å².